The molecular weight excluding hydrogens is 368 g/mol. The standard InChI is InChI=1S/C23H30N2O4/c1-14-7-9-25(10-8-14)22(27)19-11-16-4-3-15(19)13-23(16)24-21(26)18-6-5-17(28-2)12-20(18)29-23/h5-6,12,14-16,19H,3-4,7-11,13H2,1-2H3,(H,24,26)/t15-,16+,19-,23+/m1/s1. The van der Waals surface area contributed by atoms with Crippen LogP contribution < -0.4 is 14.8 Å². The van der Waals surface area contributed by atoms with Crippen LogP contribution in [0.4, 0.5) is 0 Å². The van der Waals surface area contributed by atoms with E-state index in [9.17, 15) is 9.59 Å². The highest BCUT2D eigenvalue weighted by molar-refractivity contribution is 5.98. The number of benzene rings is 1. The summed E-state index contributed by atoms with van der Waals surface area (Å²) in [7, 11) is 1.61. The van der Waals surface area contributed by atoms with E-state index in [1.807, 2.05) is 0 Å². The molecule has 2 aliphatic heterocycles. The predicted molar refractivity (Wildman–Crippen MR) is 108 cm³/mol. The number of carbonyl (C=O) groups is 2. The maximum Gasteiger partial charge on any atom is 0.258 e. The Morgan fingerprint density at radius 1 is 1.24 bits per heavy atom. The van der Waals surface area contributed by atoms with E-state index in [4.69, 9.17) is 9.47 Å². The van der Waals surface area contributed by atoms with Gasteiger partial charge in [-0.2, -0.15) is 0 Å². The third-order valence-electron chi connectivity index (χ3n) is 7.68. The van der Waals surface area contributed by atoms with Gasteiger partial charge >= 0.3 is 0 Å². The lowest BCUT2D eigenvalue weighted by molar-refractivity contribution is -0.156. The SMILES string of the molecule is COc1ccc2c(c1)O[C@]1(C[C@H]3CC[C@H]1C[C@H]3C(=O)N1CCC(C)CC1)NC2=O. The summed E-state index contributed by atoms with van der Waals surface area (Å²) < 4.78 is 11.8. The summed E-state index contributed by atoms with van der Waals surface area (Å²) in [4.78, 5) is 28.2. The van der Waals surface area contributed by atoms with Crippen molar-refractivity contribution < 1.29 is 19.1 Å². The number of hydrogen-bond donors (Lipinski definition) is 1. The lowest BCUT2D eigenvalue weighted by atomic mass is 9.59. The zero-order valence-corrected chi connectivity index (χ0v) is 17.3. The number of piperidine rings is 1. The molecule has 2 bridgehead atoms. The summed E-state index contributed by atoms with van der Waals surface area (Å²) >= 11 is 0. The zero-order chi connectivity index (χ0) is 20.2. The molecule has 0 radical (unpaired) electrons. The summed E-state index contributed by atoms with van der Waals surface area (Å²) in [6.45, 7) is 4.04. The highest BCUT2D eigenvalue weighted by Crippen LogP contribution is 2.53. The number of hydrogen-bond acceptors (Lipinski definition) is 4. The maximum atomic E-state index is 13.2. The Morgan fingerprint density at radius 3 is 2.72 bits per heavy atom. The molecule has 29 heavy (non-hydrogen) atoms. The van der Waals surface area contributed by atoms with Crippen LogP contribution in [0, 0.1) is 23.7 Å². The third kappa shape index (κ3) is 3.08. The Kier molecular flexibility index (Phi) is 4.48. The second kappa shape index (κ2) is 6.92. The highest BCUT2D eigenvalue weighted by atomic mass is 16.5. The van der Waals surface area contributed by atoms with Gasteiger partial charge in [0.2, 0.25) is 5.91 Å². The van der Waals surface area contributed by atoms with E-state index in [0.717, 1.165) is 45.2 Å². The van der Waals surface area contributed by atoms with Gasteiger partial charge in [0.25, 0.3) is 5.91 Å². The van der Waals surface area contributed by atoms with Gasteiger partial charge in [0.1, 0.15) is 11.5 Å². The fourth-order valence-corrected chi connectivity index (χ4v) is 5.88. The van der Waals surface area contributed by atoms with Gasteiger partial charge in [-0.15, -0.1) is 0 Å². The average Bonchev–Trinajstić information content (AvgIpc) is 2.73. The maximum absolute atomic E-state index is 13.2. The molecule has 1 aromatic carbocycles. The number of rotatable bonds is 2. The van der Waals surface area contributed by atoms with Crippen LogP contribution in [-0.2, 0) is 4.79 Å². The Labute approximate surface area is 171 Å². The molecule has 6 nitrogen and oxygen atoms in total. The predicted octanol–water partition coefficient (Wildman–Crippen LogP) is 3.21. The van der Waals surface area contributed by atoms with E-state index in [2.05, 4.69) is 17.1 Å². The minimum absolute atomic E-state index is 0.0694. The average molecular weight is 399 g/mol. The number of carbonyl (C=O) groups excluding carboxylic acids is 2. The second-order valence-electron chi connectivity index (χ2n) is 9.40. The van der Waals surface area contributed by atoms with Crippen molar-refractivity contribution in [3.8, 4) is 11.5 Å². The molecule has 1 N–H and O–H groups in total. The number of amides is 2. The Balaban J connectivity index is 1.36. The van der Waals surface area contributed by atoms with E-state index >= 15 is 0 Å². The molecule has 6 heteroatoms. The molecular formula is C23H30N2O4. The minimum atomic E-state index is -0.688. The van der Waals surface area contributed by atoms with Gasteiger partial charge in [-0.3, -0.25) is 9.59 Å². The molecule has 1 spiro atoms. The van der Waals surface area contributed by atoms with Crippen molar-refractivity contribution in [3.05, 3.63) is 23.8 Å². The summed E-state index contributed by atoms with van der Waals surface area (Å²) in [5.74, 6) is 2.72. The van der Waals surface area contributed by atoms with E-state index in [0.29, 0.717) is 35.3 Å². The van der Waals surface area contributed by atoms with Gasteiger partial charge < -0.3 is 19.7 Å². The molecule has 4 atom stereocenters. The molecule has 156 valence electrons. The van der Waals surface area contributed by atoms with Gasteiger partial charge in [-0.1, -0.05) is 6.92 Å². The molecule has 1 saturated heterocycles. The van der Waals surface area contributed by atoms with Crippen LogP contribution in [0.5, 0.6) is 11.5 Å². The molecule has 2 heterocycles. The van der Waals surface area contributed by atoms with Crippen LogP contribution >= 0.6 is 0 Å². The number of methoxy groups -OCH3 is 1. The van der Waals surface area contributed by atoms with Crippen LogP contribution in [0.15, 0.2) is 18.2 Å². The number of ether oxygens (including phenoxy) is 2. The normalized spacial score (nSPS) is 33.8. The van der Waals surface area contributed by atoms with Gasteiger partial charge in [0.15, 0.2) is 5.72 Å². The number of likely N-dealkylation sites (tertiary alicyclic amines) is 1. The van der Waals surface area contributed by atoms with Crippen LogP contribution in [-0.4, -0.2) is 42.6 Å². The summed E-state index contributed by atoms with van der Waals surface area (Å²) in [5, 5.41) is 3.17. The molecule has 2 amide bonds. The van der Waals surface area contributed by atoms with Crippen molar-refractivity contribution in [1.29, 1.82) is 0 Å². The van der Waals surface area contributed by atoms with Gasteiger partial charge in [0, 0.05) is 37.4 Å². The Hall–Kier alpha value is -2.24. The van der Waals surface area contributed by atoms with Crippen molar-refractivity contribution in [3.63, 3.8) is 0 Å². The number of fused-ring (bicyclic) bond motifs is 3. The molecule has 0 unspecified atom stereocenters. The summed E-state index contributed by atoms with van der Waals surface area (Å²) in [6.07, 6.45) is 5.75. The summed E-state index contributed by atoms with van der Waals surface area (Å²) in [6, 6.07) is 5.33. The van der Waals surface area contributed by atoms with Crippen molar-refractivity contribution in [2.75, 3.05) is 20.2 Å². The lowest BCUT2D eigenvalue weighted by Gasteiger charge is -2.55. The monoisotopic (exact) mass is 398 g/mol. The minimum Gasteiger partial charge on any atom is -0.497 e. The van der Waals surface area contributed by atoms with Crippen LogP contribution in [0.2, 0.25) is 0 Å². The fourth-order valence-electron chi connectivity index (χ4n) is 5.88. The molecule has 6 rings (SSSR count). The summed E-state index contributed by atoms with van der Waals surface area (Å²) in [5.41, 5.74) is -0.139. The Bertz CT molecular complexity index is 832. The first-order chi connectivity index (χ1) is 14.0. The van der Waals surface area contributed by atoms with E-state index < -0.39 is 5.72 Å². The number of nitrogens with zero attached hydrogens (tertiary/aromatic N) is 1. The van der Waals surface area contributed by atoms with Crippen LogP contribution in [0.25, 0.3) is 0 Å². The largest absolute Gasteiger partial charge is 0.497 e. The van der Waals surface area contributed by atoms with Crippen LogP contribution in [0.3, 0.4) is 0 Å². The molecule has 3 aliphatic carbocycles. The molecule has 4 fully saturated rings. The van der Waals surface area contributed by atoms with Gasteiger partial charge in [-0.25, -0.2) is 0 Å². The van der Waals surface area contributed by atoms with E-state index in [1.165, 1.54) is 0 Å². The third-order valence-corrected chi connectivity index (χ3v) is 7.68. The van der Waals surface area contributed by atoms with E-state index in [1.54, 1.807) is 25.3 Å². The first kappa shape index (κ1) is 18.8. The topological polar surface area (TPSA) is 67.9 Å². The number of nitrogens with one attached hydrogen (secondary N) is 1. The second-order valence-corrected chi connectivity index (χ2v) is 9.40. The first-order valence-electron chi connectivity index (χ1n) is 11.0. The van der Waals surface area contributed by atoms with Crippen LogP contribution in [0.1, 0.15) is 55.8 Å². The quantitative estimate of drug-likeness (QED) is 0.831. The molecule has 3 saturated carbocycles. The highest BCUT2D eigenvalue weighted by Gasteiger charge is 2.57. The molecule has 1 aromatic rings. The lowest BCUT2D eigenvalue weighted by Crippen LogP contribution is -2.67. The molecule has 5 aliphatic rings. The van der Waals surface area contributed by atoms with E-state index in [-0.39, 0.29) is 23.7 Å². The smallest absolute Gasteiger partial charge is 0.258 e. The van der Waals surface area contributed by atoms with Crippen molar-refractivity contribution in [2.45, 2.75) is 51.2 Å². The van der Waals surface area contributed by atoms with Gasteiger partial charge in [-0.05, 0) is 56.1 Å². The van der Waals surface area contributed by atoms with Crippen molar-refractivity contribution in [1.82, 2.24) is 10.2 Å². The van der Waals surface area contributed by atoms with Crippen molar-refractivity contribution in [2.24, 2.45) is 23.7 Å². The zero-order valence-electron chi connectivity index (χ0n) is 17.3. The fraction of sp³-hybridized carbons (Fsp3) is 0.652. The van der Waals surface area contributed by atoms with Crippen molar-refractivity contribution >= 4 is 11.8 Å². The molecule has 0 aromatic heterocycles. The first-order valence-corrected chi connectivity index (χ1v) is 11.0. The Morgan fingerprint density at radius 2 is 2.03 bits per heavy atom. The van der Waals surface area contributed by atoms with Gasteiger partial charge in [0.05, 0.1) is 12.7 Å².